The molecule has 0 aromatic heterocycles. The van der Waals surface area contributed by atoms with Gasteiger partial charge in [0, 0.05) is 0 Å². The third-order valence-electron chi connectivity index (χ3n) is 7.40. The van der Waals surface area contributed by atoms with Gasteiger partial charge in [-0.25, -0.2) is 0 Å². The SMILES string of the molecule is O=C(O)[C@@H]1C[C@@H]1CCC12CCC(c3cccc(Oc4ccccc4)c3)(CC1)OC2. The van der Waals surface area contributed by atoms with Crippen molar-refractivity contribution in [2.45, 2.75) is 50.5 Å². The molecule has 2 atom stereocenters. The lowest BCUT2D eigenvalue weighted by atomic mass is 9.62. The summed E-state index contributed by atoms with van der Waals surface area (Å²) >= 11 is 0. The highest BCUT2D eigenvalue weighted by molar-refractivity contribution is 5.73. The van der Waals surface area contributed by atoms with Gasteiger partial charge in [-0.15, -0.1) is 0 Å². The van der Waals surface area contributed by atoms with Crippen molar-refractivity contribution < 1.29 is 19.4 Å². The highest BCUT2D eigenvalue weighted by Gasteiger charge is 2.52. The second kappa shape index (κ2) is 7.17. The molecule has 4 fully saturated rings. The fourth-order valence-corrected chi connectivity index (χ4v) is 5.29. The van der Waals surface area contributed by atoms with Crippen LogP contribution in [-0.4, -0.2) is 17.7 Å². The Morgan fingerprint density at radius 1 is 1.03 bits per heavy atom. The topological polar surface area (TPSA) is 55.8 Å². The molecule has 2 aliphatic heterocycles. The number of hydrogen-bond acceptors (Lipinski definition) is 3. The van der Waals surface area contributed by atoms with E-state index in [-0.39, 0.29) is 16.9 Å². The Balaban J connectivity index is 1.24. The number of rotatable bonds is 7. The molecule has 2 aromatic carbocycles. The monoisotopic (exact) mass is 392 g/mol. The second-order valence-electron chi connectivity index (χ2n) is 9.21. The molecule has 4 nitrogen and oxygen atoms in total. The van der Waals surface area contributed by atoms with Crippen LogP contribution in [0.2, 0.25) is 0 Å². The molecule has 4 aliphatic rings. The molecule has 2 heterocycles. The first-order valence-corrected chi connectivity index (χ1v) is 10.8. The van der Waals surface area contributed by atoms with E-state index in [0.29, 0.717) is 5.92 Å². The normalized spacial score (nSPS) is 32.7. The van der Waals surface area contributed by atoms with Crippen LogP contribution in [0.25, 0.3) is 0 Å². The maximum atomic E-state index is 11.1. The average molecular weight is 392 g/mol. The van der Waals surface area contributed by atoms with E-state index < -0.39 is 5.97 Å². The predicted octanol–water partition coefficient (Wildman–Crippen LogP) is 5.77. The molecule has 0 radical (unpaired) electrons. The van der Waals surface area contributed by atoms with Crippen LogP contribution in [0, 0.1) is 17.3 Å². The second-order valence-corrected chi connectivity index (χ2v) is 9.21. The van der Waals surface area contributed by atoms with Crippen molar-refractivity contribution in [3.05, 3.63) is 60.2 Å². The van der Waals surface area contributed by atoms with Gasteiger partial charge in [0.1, 0.15) is 11.5 Å². The van der Waals surface area contributed by atoms with Gasteiger partial charge >= 0.3 is 5.97 Å². The van der Waals surface area contributed by atoms with Crippen LogP contribution in [0.5, 0.6) is 11.5 Å². The van der Waals surface area contributed by atoms with Crippen molar-refractivity contribution in [3.63, 3.8) is 0 Å². The lowest BCUT2D eigenvalue weighted by Gasteiger charge is -2.53. The summed E-state index contributed by atoms with van der Waals surface area (Å²) in [6.07, 6.45) is 7.42. The number of hydrogen-bond donors (Lipinski definition) is 1. The summed E-state index contributed by atoms with van der Waals surface area (Å²) in [5, 5.41) is 9.13. The highest BCUT2D eigenvalue weighted by Crippen LogP contribution is 2.57. The van der Waals surface area contributed by atoms with Crippen LogP contribution < -0.4 is 4.74 Å². The number of ether oxygens (including phenoxy) is 2. The minimum Gasteiger partial charge on any atom is -0.481 e. The van der Waals surface area contributed by atoms with E-state index >= 15 is 0 Å². The standard InChI is InChI=1S/C25H28O4/c26-23(27)22-15-18(22)9-10-24-11-13-25(14-12-24,28-17-24)19-5-4-8-21(16-19)29-20-6-2-1-3-7-20/h1-8,16,18,22H,9-15,17H2,(H,26,27)/t18-,22+,24?,25?/m0/s1. The molecule has 0 amide bonds. The van der Waals surface area contributed by atoms with Crippen molar-refractivity contribution >= 4 is 5.97 Å². The van der Waals surface area contributed by atoms with E-state index in [1.807, 2.05) is 36.4 Å². The Morgan fingerprint density at radius 3 is 2.45 bits per heavy atom. The number of carbonyl (C=O) groups is 1. The summed E-state index contributed by atoms with van der Waals surface area (Å²) in [4.78, 5) is 11.1. The van der Waals surface area contributed by atoms with Crippen LogP contribution in [0.15, 0.2) is 54.6 Å². The Hall–Kier alpha value is -2.33. The average Bonchev–Trinajstić information content (AvgIpc) is 3.55. The Morgan fingerprint density at radius 2 is 1.79 bits per heavy atom. The van der Waals surface area contributed by atoms with Gasteiger partial charge < -0.3 is 14.6 Å². The van der Waals surface area contributed by atoms with Crippen molar-refractivity contribution in [1.29, 1.82) is 0 Å². The summed E-state index contributed by atoms with van der Waals surface area (Å²) < 4.78 is 12.5. The molecule has 2 saturated heterocycles. The Bertz CT molecular complexity index is 866. The zero-order chi connectivity index (χ0) is 19.9. The van der Waals surface area contributed by atoms with E-state index in [1.54, 1.807) is 0 Å². The quantitative estimate of drug-likeness (QED) is 0.650. The van der Waals surface area contributed by atoms with Crippen LogP contribution >= 0.6 is 0 Å². The number of aliphatic carboxylic acids is 1. The predicted molar refractivity (Wildman–Crippen MR) is 110 cm³/mol. The smallest absolute Gasteiger partial charge is 0.306 e. The van der Waals surface area contributed by atoms with E-state index in [4.69, 9.17) is 14.6 Å². The van der Waals surface area contributed by atoms with Gasteiger partial charge in [0.2, 0.25) is 0 Å². The van der Waals surface area contributed by atoms with Crippen molar-refractivity contribution in [1.82, 2.24) is 0 Å². The molecule has 0 unspecified atom stereocenters. The van der Waals surface area contributed by atoms with Crippen LogP contribution in [-0.2, 0) is 15.1 Å². The van der Waals surface area contributed by atoms with E-state index in [0.717, 1.165) is 50.2 Å². The molecular weight excluding hydrogens is 364 g/mol. The first-order valence-electron chi connectivity index (χ1n) is 10.8. The summed E-state index contributed by atoms with van der Waals surface area (Å²) in [7, 11) is 0. The zero-order valence-corrected chi connectivity index (χ0v) is 16.7. The Kier molecular flexibility index (Phi) is 4.62. The maximum Gasteiger partial charge on any atom is 0.306 e. The number of fused-ring (bicyclic) bond motifs is 3. The number of carboxylic acids is 1. The van der Waals surface area contributed by atoms with E-state index in [2.05, 4.69) is 18.2 Å². The molecule has 2 saturated carbocycles. The number of benzene rings is 2. The molecule has 1 N–H and O–H groups in total. The van der Waals surface area contributed by atoms with Gasteiger partial charge in [0.15, 0.2) is 0 Å². The largest absolute Gasteiger partial charge is 0.481 e. The van der Waals surface area contributed by atoms with E-state index in [1.165, 1.54) is 18.4 Å². The third kappa shape index (κ3) is 3.66. The van der Waals surface area contributed by atoms with Gasteiger partial charge in [-0.3, -0.25) is 4.79 Å². The molecule has 2 aromatic rings. The number of carboxylic acid groups (broad SMARTS) is 1. The first-order chi connectivity index (χ1) is 14.1. The minimum atomic E-state index is -0.618. The maximum absolute atomic E-state index is 11.1. The van der Waals surface area contributed by atoms with Crippen LogP contribution in [0.3, 0.4) is 0 Å². The van der Waals surface area contributed by atoms with E-state index in [9.17, 15) is 4.79 Å². The van der Waals surface area contributed by atoms with Crippen LogP contribution in [0.1, 0.15) is 50.5 Å². The zero-order valence-electron chi connectivity index (χ0n) is 16.7. The fraction of sp³-hybridized carbons (Fsp3) is 0.480. The lowest BCUT2D eigenvalue weighted by Crippen LogP contribution is -2.49. The van der Waals surface area contributed by atoms with Gasteiger partial charge in [0.25, 0.3) is 0 Å². The fourth-order valence-electron chi connectivity index (χ4n) is 5.29. The van der Waals surface area contributed by atoms with Crippen molar-refractivity contribution in [2.75, 3.05) is 6.61 Å². The molecule has 152 valence electrons. The summed E-state index contributed by atoms with van der Waals surface area (Å²) in [5.41, 5.74) is 1.28. The molecule has 29 heavy (non-hydrogen) atoms. The van der Waals surface area contributed by atoms with Crippen molar-refractivity contribution in [3.8, 4) is 11.5 Å². The summed E-state index contributed by atoms with van der Waals surface area (Å²) in [6.45, 7) is 0.793. The summed E-state index contributed by atoms with van der Waals surface area (Å²) in [6, 6.07) is 18.2. The lowest BCUT2D eigenvalue weighted by molar-refractivity contribution is -0.192. The molecule has 2 aliphatic carbocycles. The minimum absolute atomic E-state index is 0.0917. The van der Waals surface area contributed by atoms with Gasteiger partial charge in [-0.1, -0.05) is 30.3 Å². The molecule has 6 rings (SSSR count). The Labute approximate surface area is 171 Å². The van der Waals surface area contributed by atoms with Crippen LogP contribution in [0.4, 0.5) is 0 Å². The van der Waals surface area contributed by atoms with Gasteiger partial charge in [-0.2, -0.15) is 0 Å². The molecule has 0 spiro atoms. The van der Waals surface area contributed by atoms with Gasteiger partial charge in [-0.05, 0) is 86.1 Å². The molecule has 4 heteroatoms. The first kappa shape index (κ1) is 18.7. The summed E-state index contributed by atoms with van der Waals surface area (Å²) in [5.74, 6) is 1.37. The van der Waals surface area contributed by atoms with Crippen molar-refractivity contribution in [2.24, 2.45) is 17.3 Å². The molecular formula is C25H28O4. The van der Waals surface area contributed by atoms with Gasteiger partial charge in [0.05, 0.1) is 18.1 Å². The molecule has 2 bridgehead atoms. The highest BCUT2D eigenvalue weighted by atomic mass is 16.5. The number of para-hydroxylation sites is 1. The third-order valence-corrected chi connectivity index (χ3v) is 7.40.